The maximum atomic E-state index is 10.8. The molecule has 0 fully saturated rings. The monoisotopic (exact) mass is 251 g/mol. The van der Waals surface area contributed by atoms with E-state index in [-0.39, 0.29) is 17.5 Å². The Hall–Kier alpha value is -2.45. The van der Waals surface area contributed by atoms with Gasteiger partial charge in [0.1, 0.15) is 12.5 Å². The average molecular weight is 251 g/mol. The van der Waals surface area contributed by atoms with Crippen LogP contribution in [0.5, 0.6) is 0 Å². The standard InChI is InChI=1S/C9H13N7O2/c1-6(9-12-10-5-14(9)2)11-8-7(16(17)18)4-15(3)13-8/h4-6H,1-3H3,(H,11,13). The van der Waals surface area contributed by atoms with Crippen LogP contribution in [0.15, 0.2) is 12.5 Å². The highest BCUT2D eigenvalue weighted by Gasteiger charge is 2.21. The lowest BCUT2D eigenvalue weighted by Crippen LogP contribution is -2.13. The molecular weight excluding hydrogens is 238 g/mol. The molecule has 0 saturated carbocycles. The van der Waals surface area contributed by atoms with Crippen LogP contribution in [0.3, 0.4) is 0 Å². The van der Waals surface area contributed by atoms with Crippen LogP contribution in [0.1, 0.15) is 18.8 Å². The fourth-order valence-electron chi connectivity index (χ4n) is 1.67. The van der Waals surface area contributed by atoms with E-state index in [9.17, 15) is 10.1 Å². The predicted molar refractivity (Wildman–Crippen MR) is 62.9 cm³/mol. The van der Waals surface area contributed by atoms with Gasteiger partial charge in [-0.15, -0.1) is 15.3 Å². The van der Waals surface area contributed by atoms with Gasteiger partial charge in [0.2, 0.25) is 5.82 Å². The van der Waals surface area contributed by atoms with E-state index in [0.29, 0.717) is 5.82 Å². The molecule has 1 atom stereocenters. The molecule has 2 aromatic rings. The van der Waals surface area contributed by atoms with Gasteiger partial charge >= 0.3 is 5.69 Å². The van der Waals surface area contributed by atoms with Crippen LogP contribution < -0.4 is 5.32 Å². The van der Waals surface area contributed by atoms with Gasteiger partial charge in [-0.3, -0.25) is 14.8 Å². The van der Waals surface area contributed by atoms with Crippen molar-refractivity contribution in [2.45, 2.75) is 13.0 Å². The molecule has 0 saturated heterocycles. The number of rotatable bonds is 4. The number of hydrogen-bond donors (Lipinski definition) is 1. The second-order valence-electron chi connectivity index (χ2n) is 3.96. The Bertz CT molecular complexity index is 573. The molecule has 96 valence electrons. The number of aromatic nitrogens is 5. The molecule has 0 aliphatic rings. The Balaban J connectivity index is 2.24. The van der Waals surface area contributed by atoms with Crippen molar-refractivity contribution in [2.24, 2.45) is 14.1 Å². The van der Waals surface area contributed by atoms with Gasteiger partial charge in [0, 0.05) is 14.1 Å². The fraction of sp³-hybridized carbons (Fsp3) is 0.444. The Morgan fingerprint density at radius 1 is 1.50 bits per heavy atom. The van der Waals surface area contributed by atoms with Crippen molar-refractivity contribution in [1.29, 1.82) is 0 Å². The molecule has 0 spiro atoms. The third-order valence-corrected chi connectivity index (χ3v) is 2.49. The molecule has 2 aromatic heterocycles. The normalized spacial score (nSPS) is 12.4. The van der Waals surface area contributed by atoms with Crippen molar-refractivity contribution in [3.63, 3.8) is 0 Å². The van der Waals surface area contributed by atoms with Crippen molar-refractivity contribution in [3.05, 3.63) is 28.5 Å². The number of hydrogen-bond acceptors (Lipinski definition) is 6. The highest BCUT2D eigenvalue weighted by atomic mass is 16.6. The maximum Gasteiger partial charge on any atom is 0.330 e. The van der Waals surface area contributed by atoms with Gasteiger partial charge < -0.3 is 9.88 Å². The first-order chi connectivity index (χ1) is 8.49. The SMILES string of the molecule is CC(Nc1nn(C)cc1[N+](=O)[O-])c1nncn1C. The number of nitro groups is 1. The van der Waals surface area contributed by atoms with Gasteiger partial charge in [-0.05, 0) is 6.92 Å². The van der Waals surface area contributed by atoms with Gasteiger partial charge in [0.25, 0.3) is 0 Å². The Morgan fingerprint density at radius 2 is 2.22 bits per heavy atom. The van der Waals surface area contributed by atoms with E-state index in [1.165, 1.54) is 10.9 Å². The molecule has 0 amide bonds. The number of aryl methyl sites for hydroxylation is 2. The summed E-state index contributed by atoms with van der Waals surface area (Å²) >= 11 is 0. The summed E-state index contributed by atoms with van der Waals surface area (Å²) in [6.07, 6.45) is 2.92. The molecule has 0 aliphatic heterocycles. The van der Waals surface area contributed by atoms with Crippen LogP contribution in [0.4, 0.5) is 11.5 Å². The minimum absolute atomic E-state index is 0.0634. The first kappa shape index (κ1) is 12.0. The predicted octanol–water partition coefficient (Wildman–Crippen LogP) is 0.630. The highest BCUT2D eigenvalue weighted by Crippen LogP contribution is 2.25. The lowest BCUT2D eigenvalue weighted by molar-refractivity contribution is -0.384. The molecule has 0 aromatic carbocycles. The zero-order valence-corrected chi connectivity index (χ0v) is 10.2. The van der Waals surface area contributed by atoms with Crippen LogP contribution in [0.25, 0.3) is 0 Å². The van der Waals surface area contributed by atoms with Crippen LogP contribution >= 0.6 is 0 Å². The molecule has 2 rings (SSSR count). The first-order valence-electron chi connectivity index (χ1n) is 5.27. The summed E-state index contributed by atoms with van der Waals surface area (Å²) in [7, 11) is 3.44. The zero-order valence-electron chi connectivity index (χ0n) is 10.2. The third-order valence-electron chi connectivity index (χ3n) is 2.49. The second kappa shape index (κ2) is 4.43. The minimum atomic E-state index is -0.473. The Kier molecular flexibility index (Phi) is 2.96. The topological polar surface area (TPSA) is 104 Å². The maximum absolute atomic E-state index is 10.8. The van der Waals surface area contributed by atoms with E-state index in [2.05, 4.69) is 20.6 Å². The van der Waals surface area contributed by atoms with E-state index >= 15 is 0 Å². The van der Waals surface area contributed by atoms with Crippen molar-refractivity contribution >= 4 is 11.5 Å². The summed E-state index contributed by atoms with van der Waals surface area (Å²) < 4.78 is 3.14. The summed E-state index contributed by atoms with van der Waals surface area (Å²) in [6.45, 7) is 1.84. The Labute approximate surface area is 103 Å². The number of anilines is 1. The molecule has 9 nitrogen and oxygen atoms in total. The smallest absolute Gasteiger partial charge is 0.330 e. The van der Waals surface area contributed by atoms with Gasteiger partial charge in [-0.2, -0.15) is 0 Å². The van der Waals surface area contributed by atoms with Crippen LogP contribution in [0, 0.1) is 10.1 Å². The van der Waals surface area contributed by atoms with Gasteiger partial charge in [0.05, 0.1) is 11.0 Å². The lowest BCUT2D eigenvalue weighted by atomic mass is 10.3. The fourth-order valence-corrected chi connectivity index (χ4v) is 1.67. The van der Waals surface area contributed by atoms with Crippen molar-refractivity contribution in [3.8, 4) is 0 Å². The van der Waals surface area contributed by atoms with Gasteiger partial charge in [-0.1, -0.05) is 0 Å². The van der Waals surface area contributed by atoms with Crippen molar-refractivity contribution in [1.82, 2.24) is 24.5 Å². The largest absolute Gasteiger partial charge is 0.353 e. The summed E-state index contributed by atoms with van der Waals surface area (Å²) in [5.41, 5.74) is -0.0634. The van der Waals surface area contributed by atoms with Crippen molar-refractivity contribution in [2.75, 3.05) is 5.32 Å². The summed E-state index contributed by atoms with van der Waals surface area (Å²) in [5.74, 6) is 0.896. The summed E-state index contributed by atoms with van der Waals surface area (Å²) in [6, 6.07) is -0.230. The molecule has 2 heterocycles. The van der Waals surface area contributed by atoms with E-state index in [1.54, 1.807) is 25.0 Å². The lowest BCUT2D eigenvalue weighted by Gasteiger charge is -2.11. The zero-order chi connectivity index (χ0) is 13.3. The minimum Gasteiger partial charge on any atom is -0.353 e. The molecule has 0 bridgehead atoms. The number of nitrogens with one attached hydrogen (secondary N) is 1. The molecule has 18 heavy (non-hydrogen) atoms. The quantitative estimate of drug-likeness (QED) is 0.631. The van der Waals surface area contributed by atoms with Crippen LogP contribution in [0.2, 0.25) is 0 Å². The van der Waals surface area contributed by atoms with Crippen LogP contribution in [-0.2, 0) is 14.1 Å². The van der Waals surface area contributed by atoms with Gasteiger partial charge in [0.15, 0.2) is 5.82 Å². The first-order valence-corrected chi connectivity index (χ1v) is 5.27. The highest BCUT2D eigenvalue weighted by molar-refractivity contribution is 5.55. The molecule has 0 aliphatic carbocycles. The van der Waals surface area contributed by atoms with Crippen LogP contribution in [-0.4, -0.2) is 29.5 Å². The second-order valence-corrected chi connectivity index (χ2v) is 3.96. The van der Waals surface area contributed by atoms with Gasteiger partial charge in [-0.25, -0.2) is 0 Å². The molecule has 1 N–H and O–H groups in total. The van der Waals surface area contributed by atoms with E-state index in [4.69, 9.17) is 0 Å². The van der Waals surface area contributed by atoms with E-state index in [0.717, 1.165) is 0 Å². The Morgan fingerprint density at radius 3 is 2.78 bits per heavy atom. The summed E-state index contributed by atoms with van der Waals surface area (Å²) in [4.78, 5) is 10.4. The third kappa shape index (κ3) is 2.14. The molecule has 9 heteroatoms. The molecular formula is C9H13N7O2. The summed E-state index contributed by atoms with van der Waals surface area (Å²) in [5, 5.41) is 25.5. The molecule has 1 unspecified atom stereocenters. The average Bonchev–Trinajstić information content (AvgIpc) is 2.84. The molecule has 0 radical (unpaired) electrons. The van der Waals surface area contributed by atoms with Crippen molar-refractivity contribution < 1.29 is 4.92 Å². The van der Waals surface area contributed by atoms with E-state index < -0.39 is 4.92 Å². The van der Waals surface area contributed by atoms with E-state index in [1.807, 2.05) is 6.92 Å². The number of nitrogens with zero attached hydrogens (tertiary/aromatic N) is 6.